The fourth-order valence-electron chi connectivity index (χ4n) is 5.19. The van der Waals surface area contributed by atoms with E-state index in [0.29, 0.717) is 32.1 Å². The summed E-state index contributed by atoms with van der Waals surface area (Å²) in [7, 11) is 0. The van der Waals surface area contributed by atoms with E-state index >= 15 is 0 Å². The van der Waals surface area contributed by atoms with Gasteiger partial charge in [0.05, 0.1) is 18.3 Å². The Kier molecular flexibility index (Phi) is 23.2. The summed E-state index contributed by atoms with van der Waals surface area (Å²) < 4.78 is 15.8. The summed E-state index contributed by atoms with van der Waals surface area (Å²) in [6.07, 6.45) is 17.4. The van der Waals surface area contributed by atoms with Crippen LogP contribution in [0.2, 0.25) is 0 Å². The Morgan fingerprint density at radius 2 is 1.45 bits per heavy atom. The van der Waals surface area contributed by atoms with E-state index in [0.717, 1.165) is 44.4 Å². The monoisotopic (exact) mass is 626 g/mol. The first kappa shape index (κ1) is 40.2. The molecule has 1 unspecified atom stereocenters. The molecule has 9 nitrogen and oxygen atoms in total. The summed E-state index contributed by atoms with van der Waals surface area (Å²) in [5.74, 6) is -0.264. The highest BCUT2D eigenvalue weighted by atomic mass is 16.6. The number of ether oxygens (including phenoxy) is 3. The van der Waals surface area contributed by atoms with Gasteiger partial charge in [-0.15, -0.1) is 0 Å². The summed E-state index contributed by atoms with van der Waals surface area (Å²) >= 11 is 0. The van der Waals surface area contributed by atoms with Crippen LogP contribution in [0.1, 0.15) is 130 Å². The second kappa shape index (κ2) is 25.4. The van der Waals surface area contributed by atoms with Crippen molar-refractivity contribution < 1.29 is 44.2 Å². The highest BCUT2D eigenvalue weighted by Gasteiger charge is 2.35. The summed E-state index contributed by atoms with van der Waals surface area (Å²) in [4.78, 5) is 23.9. The van der Waals surface area contributed by atoms with Gasteiger partial charge in [0.15, 0.2) is 6.29 Å². The lowest BCUT2D eigenvalue weighted by Crippen LogP contribution is -2.43. The van der Waals surface area contributed by atoms with Gasteiger partial charge in [0.1, 0.15) is 19.3 Å². The van der Waals surface area contributed by atoms with Crippen molar-refractivity contribution in [3.05, 3.63) is 24.3 Å². The topological polar surface area (TPSA) is 143 Å². The predicted octanol–water partition coefficient (Wildman–Crippen LogP) is 5.91. The van der Waals surface area contributed by atoms with Gasteiger partial charge in [-0.3, -0.25) is 9.59 Å². The number of allylic oxidation sites excluding steroid dienone is 2. The number of esters is 2. The quantitative estimate of drug-likeness (QED) is 0.0553. The number of unbranched alkanes of at least 4 members (excludes halogenated alkanes) is 8. The van der Waals surface area contributed by atoms with E-state index < -0.39 is 36.7 Å². The van der Waals surface area contributed by atoms with Gasteiger partial charge in [0, 0.05) is 25.2 Å². The van der Waals surface area contributed by atoms with Crippen LogP contribution in [0.25, 0.3) is 0 Å². The zero-order chi connectivity index (χ0) is 32.6. The van der Waals surface area contributed by atoms with Crippen molar-refractivity contribution in [3.8, 4) is 0 Å². The lowest BCUT2D eigenvalue weighted by Gasteiger charge is -2.36. The number of hydrogen-bond donors (Lipinski definition) is 4. The molecule has 6 atom stereocenters. The molecule has 1 rings (SSSR count). The first-order valence-corrected chi connectivity index (χ1v) is 17.1. The Balaban J connectivity index is 2.18. The normalized spacial score (nSPS) is 22.1. The van der Waals surface area contributed by atoms with E-state index in [1.807, 2.05) is 12.2 Å². The van der Waals surface area contributed by atoms with Crippen LogP contribution in [0.15, 0.2) is 24.3 Å². The molecular weight excluding hydrogens is 564 g/mol. The molecule has 44 heavy (non-hydrogen) atoms. The Labute approximate surface area is 266 Å². The van der Waals surface area contributed by atoms with E-state index in [-0.39, 0.29) is 37.9 Å². The number of carbonyl (C=O) groups is 2. The van der Waals surface area contributed by atoms with Crippen molar-refractivity contribution in [1.82, 2.24) is 0 Å². The van der Waals surface area contributed by atoms with Crippen LogP contribution in [0.5, 0.6) is 0 Å². The number of aliphatic hydroxyl groups is 4. The van der Waals surface area contributed by atoms with Gasteiger partial charge >= 0.3 is 11.9 Å². The Morgan fingerprint density at radius 1 is 0.841 bits per heavy atom. The average Bonchev–Trinajstić information content (AvgIpc) is 2.97. The number of carbonyl (C=O) groups excluding carboxylic acids is 2. The van der Waals surface area contributed by atoms with Gasteiger partial charge in [-0.1, -0.05) is 103 Å². The maximum absolute atomic E-state index is 12.0. The minimum absolute atomic E-state index is 0.136. The zero-order valence-electron chi connectivity index (χ0n) is 27.6. The molecule has 0 aromatic rings. The van der Waals surface area contributed by atoms with Gasteiger partial charge < -0.3 is 34.6 Å². The lowest BCUT2D eigenvalue weighted by molar-refractivity contribution is -0.199. The molecule has 1 aliphatic rings. The molecule has 9 heteroatoms. The molecule has 0 bridgehead atoms. The molecule has 1 heterocycles. The van der Waals surface area contributed by atoms with Gasteiger partial charge in [0.25, 0.3) is 0 Å². The summed E-state index contributed by atoms with van der Waals surface area (Å²) in [5, 5.41) is 40.6. The highest BCUT2D eigenvalue weighted by molar-refractivity contribution is 5.69. The van der Waals surface area contributed by atoms with E-state index in [1.165, 1.54) is 25.7 Å². The van der Waals surface area contributed by atoms with Crippen molar-refractivity contribution in [2.24, 2.45) is 11.8 Å². The van der Waals surface area contributed by atoms with Crippen molar-refractivity contribution in [2.45, 2.75) is 161 Å². The van der Waals surface area contributed by atoms with Crippen LogP contribution in [0, 0.1) is 11.8 Å². The fourth-order valence-corrected chi connectivity index (χ4v) is 5.19. The molecule has 0 saturated carbocycles. The SMILES string of the molecule is CCCCC[C@H](O)/C=C/[C@H]1OC(O)C[C@H](O)[C@@H]1C/C=C\CCCC(=O)OC[C@@H](O)COC(=O)CCCCCCCCC(C)C. The standard InChI is InChI=1S/C35H62O9/c1-4-5-12-18-28(36)22-23-32-30(31(38)24-35(41)44-32)19-14-10-11-16-21-34(40)43-26-29(37)25-42-33(39)20-15-9-7-6-8-13-17-27(2)3/h10,14,22-23,27-32,35-38,41H,4-9,11-13,15-21,24-26H2,1-3H3/b14-10-,23-22+/t28-,29-,30-,31-,32+,35?/m0/s1. The van der Waals surface area contributed by atoms with E-state index in [1.54, 1.807) is 12.2 Å². The van der Waals surface area contributed by atoms with Crippen LogP contribution in [0.4, 0.5) is 0 Å². The molecule has 0 radical (unpaired) electrons. The molecule has 1 aliphatic heterocycles. The molecule has 0 aliphatic carbocycles. The maximum atomic E-state index is 12.0. The number of rotatable bonds is 25. The average molecular weight is 627 g/mol. The van der Waals surface area contributed by atoms with Crippen molar-refractivity contribution >= 4 is 11.9 Å². The van der Waals surface area contributed by atoms with E-state index in [9.17, 15) is 30.0 Å². The fraction of sp³-hybridized carbons (Fsp3) is 0.829. The third kappa shape index (κ3) is 21.0. The van der Waals surface area contributed by atoms with E-state index in [2.05, 4.69) is 20.8 Å². The van der Waals surface area contributed by atoms with Crippen LogP contribution < -0.4 is 0 Å². The van der Waals surface area contributed by atoms with Crippen LogP contribution in [0.3, 0.4) is 0 Å². The molecule has 256 valence electrons. The number of aliphatic hydroxyl groups excluding tert-OH is 4. The van der Waals surface area contributed by atoms with Crippen LogP contribution in [-0.2, 0) is 23.8 Å². The third-order valence-electron chi connectivity index (χ3n) is 7.91. The number of hydrogen-bond acceptors (Lipinski definition) is 9. The molecule has 0 amide bonds. The van der Waals surface area contributed by atoms with Crippen LogP contribution >= 0.6 is 0 Å². The van der Waals surface area contributed by atoms with Gasteiger partial charge in [-0.25, -0.2) is 0 Å². The largest absolute Gasteiger partial charge is 0.463 e. The molecule has 0 aromatic heterocycles. The summed E-state index contributed by atoms with van der Waals surface area (Å²) in [5.41, 5.74) is 0. The summed E-state index contributed by atoms with van der Waals surface area (Å²) in [6.45, 7) is 6.18. The highest BCUT2D eigenvalue weighted by Crippen LogP contribution is 2.29. The molecule has 1 fully saturated rings. The van der Waals surface area contributed by atoms with Gasteiger partial charge in [-0.2, -0.15) is 0 Å². The Bertz CT molecular complexity index is 797. The van der Waals surface area contributed by atoms with Crippen molar-refractivity contribution in [2.75, 3.05) is 13.2 Å². The van der Waals surface area contributed by atoms with Gasteiger partial charge in [-0.05, 0) is 38.0 Å². The lowest BCUT2D eigenvalue weighted by atomic mass is 9.87. The smallest absolute Gasteiger partial charge is 0.305 e. The first-order valence-electron chi connectivity index (χ1n) is 17.1. The first-order chi connectivity index (χ1) is 21.1. The molecular formula is C35H62O9. The summed E-state index contributed by atoms with van der Waals surface area (Å²) in [6, 6.07) is 0. The minimum atomic E-state index is -1.05. The Hall–Kier alpha value is -1.78. The predicted molar refractivity (Wildman–Crippen MR) is 172 cm³/mol. The minimum Gasteiger partial charge on any atom is -0.463 e. The maximum Gasteiger partial charge on any atom is 0.305 e. The third-order valence-corrected chi connectivity index (χ3v) is 7.91. The molecule has 0 spiro atoms. The van der Waals surface area contributed by atoms with E-state index in [4.69, 9.17) is 14.2 Å². The van der Waals surface area contributed by atoms with Crippen molar-refractivity contribution in [3.63, 3.8) is 0 Å². The molecule has 4 N–H and O–H groups in total. The second-order valence-corrected chi connectivity index (χ2v) is 12.6. The van der Waals surface area contributed by atoms with Gasteiger partial charge in [0.2, 0.25) is 0 Å². The van der Waals surface area contributed by atoms with Crippen molar-refractivity contribution in [1.29, 1.82) is 0 Å². The van der Waals surface area contributed by atoms with Crippen LogP contribution in [-0.4, -0.2) is 76.3 Å². The molecule has 1 saturated heterocycles. The molecule has 0 aromatic carbocycles. The second-order valence-electron chi connectivity index (χ2n) is 12.6. The zero-order valence-corrected chi connectivity index (χ0v) is 27.6. The Morgan fingerprint density at radius 3 is 2.11 bits per heavy atom.